The number of carbonyl (C=O) groups excluding carboxylic acids is 1. The van der Waals surface area contributed by atoms with Gasteiger partial charge in [0.2, 0.25) is 5.91 Å². The Morgan fingerprint density at radius 3 is 2.44 bits per heavy atom. The summed E-state index contributed by atoms with van der Waals surface area (Å²) in [6.07, 6.45) is 0. The number of rotatable bonds is 9. The van der Waals surface area contributed by atoms with Crippen LogP contribution in [0.2, 0.25) is 0 Å². The van der Waals surface area contributed by atoms with Crippen LogP contribution in [0.15, 0.2) is 0 Å². The Kier molecular flexibility index (Phi) is 9.24. The molecule has 0 fully saturated rings. The second kappa shape index (κ2) is 9.60. The van der Waals surface area contributed by atoms with Gasteiger partial charge in [-0.1, -0.05) is 13.8 Å². The van der Waals surface area contributed by atoms with Crippen LogP contribution in [0.25, 0.3) is 0 Å². The summed E-state index contributed by atoms with van der Waals surface area (Å²) in [7, 11) is 0. The van der Waals surface area contributed by atoms with Crippen molar-refractivity contribution in [3.05, 3.63) is 0 Å². The third kappa shape index (κ3) is 7.65. The van der Waals surface area contributed by atoms with E-state index in [0.29, 0.717) is 19.1 Å². The average Bonchev–Trinajstić information content (AvgIpc) is 2.24. The molecule has 0 atom stereocenters. The molecule has 0 aromatic carbocycles. The minimum atomic E-state index is 0.161. The number of nitrogens with one attached hydrogen (secondary N) is 1. The van der Waals surface area contributed by atoms with E-state index in [1.165, 1.54) is 0 Å². The molecule has 1 amide bonds. The number of carbonyl (C=O) groups is 1. The minimum absolute atomic E-state index is 0.161. The van der Waals surface area contributed by atoms with Crippen LogP contribution >= 0.6 is 0 Å². The monoisotopic (exact) mass is 230 g/mol. The first-order chi connectivity index (χ1) is 7.61. The van der Waals surface area contributed by atoms with Gasteiger partial charge in [-0.15, -0.1) is 0 Å². The Morgan fingerprint density at radius 2 is 1.94 bits per heavy atom. The molecule has 0 aromatic rings. The van der Waals surface area contributed by atoms with Crippen molar-refractivity contribution in [3.8, 4) is 0 Å². The Hall–Kier alpha value is -0.610. The van der Waals surface area contributed by atoms with E-state index in [2.05, 4.69) is 19.2 Å². The van der Waals surface area contributed by atoms with Crippen molar-refractivity contribution in [2.45, 2.75) is 27.7 Å². The van der Waals surface area contributed by atoms with E-state index < -0.39 is 0 Å². The van der Waals surface area contributed by atoms with Gasteiger partial charge in [-0.25, -0.2) is 0 Å². The van der Waals surface area contributed by atoms with Crippen molar-refractivity contribution >= 4 is 5.91 Å². The van der Waals surface area contributed by atoms with Gasteiger partial charge >= 0.3 is 0 Å². The van der Waals surface area contributed by atoms with Gasteiger partial charge in [0, 0.05) is 26.2 Å². The molecule has 0 aliphatic heterocycles. The topological polar surface area (TPSA) is 41.6 Å². The van der Waals surface area contributed by atoms with Gasteiger partial charge < -0.3 is 15.0 Å². The minimum Gasteiger partial charge on any atom is -0.380 e. The SMILES string of the molecule is CCN(CC)C(=O)CNCCOCC(C)C. The van der Waals surface area contributed by atoms with Crippen LogP contribution in [0.4, 0.5) is 0 Å². The maximum atomic E-state index is 11.6. The highest BCUT2D eigenvalue weighted by atomic mass is 16.5. The first-order valence-corrected chi connectivity index (χ1v) is 6.18. The van der Waals surface area contributed by atoms with E-state index in [0.717, 1.165) is 26.2 Å². The summed E-state index contributed by atoms with van der Waals surface area (Å²) in [5, 5.41) is 3.09. The Labute approximate surface area is 99.3 Å². The van der Waals surface area contributed by atoms with Crippen LogP contribution in [0.1, 0.15) is 27.7 Å². The third-order valence-corrected chi connectivity index (χ3v) is 2.27. The molecule has 0 saturated carbocycles. The third-order valence-electron chi connectivity index (χ3n) is 2.27. The number of hydrogen-bond acceptors (Lipinski definition) is 3. The molecule has 1 N–H and O–H groups in total. The van der Waals surface area contributed by atoms with Gasteiger partial charge in [0.1, 0.15) is 0 Å². The van der Waals surface area contributed by atoms with Crippen molar-refractivity contribution in [1.29, 1.82) is 0 Å². The molecule has 0 aliphatic carbocycles. The molecule has 0 unspecified atom stereocenters. The van der Waals surface area contributed by atoms with Crippen LogP contribution in [-0.4, -0.2) is 50.2 Å². The first kappa shape index (κ1) is 15.4. The fraction of sp³-hybridized carbons (Fsp3) is 0.917. The molecule has 0 aliphatic rings. The predicted molar refractivity (Wildman–Crippen MR) is 66.5 cm³/mol. The molecule has 0 rings (SSSR count). The molecule has 0 heterocycles. The van der Waals surface area contributed by atoms with Gasteiger partial charge in [-0.3, -0.25) is 4.79 Å². The smallest absolute Gasteiger partial charge is 0.236 e. The summed E-state index contributed by atoms with van der Waals surface area (Å²) in [4.78, 5) is 13.4. The van der Waals surface area contributed by atoms with Crippen LogP contribution in [0, 0.1) is 5.92 Å². The van der Waals surface area contributed by atoms with E-state index in [-0.39, 0.29) is 5.91 Å². The molecule has 0 saturated heterocycles. The quantitative estimate of drug-likeness (QED) is 0.603. The summed E-state index contributed by atoms with van der Waals surface area (Å²) in [6.45, 7) is 12.4. The zero-order valence-electron chi connectivity index (χ0n) is 11.1. The lowest BCUT2D eigenvalue weighted by Gasteiger charge is -2.18. The van der Waals surface area contributed by atoms with E-state index in [1.54, 1.807) is 0 Å². The van der Waals surface area contributed by atoms with Crippen LogP contribution < -0.4 is 5.32 Å². The molecular weight excluding hydrogens is 204 g/mol. The number of amides is 1. The first-order valence-electron chi connectivity index (χ1n) is 6.18. The summed E-state index contributed by atoms with van der Waals surface area (Å²) < 4.78 is 5.40. The van der Waals surface area contributed by atoms with Crippen molar-refractivity contribution in [3.63, 3.8) is 0 Å². The van der Waals surface area contributed by atoms with Gasteiger partial charge in [-0.2, -0.15) is 0 Å². The molecule has 4 nitrogen and oxygen atoms in total. The second-order valence-corrected chi connectivity index (χ2v) is 4.21. The molecule has 4 heteroatoms. The summed E-state index contributed by atoms with van der Waals surface area (Å²) >= 11 is 0. The van der Waals surface area contributed by atoms with Crippen molar-refractivity contribution in [2.75, 3.05) is 39.4 Å². The highest BCUT2D eigenvalue weighted by Gasteiger charge is 2.07. The molecule has 16 heavy (non-hydrogen) atoms. The predicted octanol–water partition coefficient (Wildman–Crippen LogP) is 1.12. The molecule has 0 radical (unpaired) electrons. The summed E-state index contributed by atoms with van der Waals surface area (Å²) in [5.41, 5.74) is 0. The average molecular weight is 230 g/mol. The lowest BCUT2D eigenvalue weighted by atomic mass is 10.2. The van der Waals surface area contributed by atoms with Crippen molar-refractivity contribution < 1.29 is 9.53 Å². The standard InChI is InChI=1S/C12H26N2O2/c1-5-14(6-2)12(15)9-13-7-8-16-10-11(3)4/h11,13H,5-10H2,1-4H3. The fourth-order valence-corrected chi connectivity index (χ4v) is 1.35. The van der Waals surface area contributed by atoms with E-state index in [9.17, 15) is 4.79 Å². The normalized spacial score (nSPS) is 10.8. The van der Waals surface area contributed by atoms with E-state index in [4.69, 9.17) is 4.74 Å². The molecule has 0 spiro atoms. The molecule has 0 aromatic heterocycles. The Balaban J connectivity index is 3.40. The van der Waals surface area contributed by atoms with Crippen LogP contribution in [0.3, 0.4) is 0 Å². The van der Waals surface area contributed by atoms with Gasteiger partial charge in [-0.05, 0) is 19.8 Å². The van der Waals surface area contributed by atoms with Gasteiger partial charge in [0.15, 0.2) is 0 Å². The zero-order valence-corrected chi connectivity index (χ0v) is 11.1. The Morgan fingerprint density at radius 1 is 1.31 bits per heavy atom. The lowest BCUT2D eigenvalue weighted by Crippen LogP contribution is -2.38. The van der Waals surface area contributed by atoms with E-state index in [1.807, 2.05) is 18.7 Å². The van der Waals surface area contributed by atoms with Crippen LogP contribution in [0.5, 0.6) is 0 Å². The number of nitrogens with zero attached hydrogens (tertiary/aromatic N) is 1. The second-order valence-electron chi connectivity index (χ2n) is 4.21. The molecular formula is C12H26N2O2. The maximum Gasteiger partial charge on any atom is 0.236 e. The lowest BCUT2D eigenvalue weighted by molar-refractivity contribution is -0.129. The van der Waals surface area contributed by atoms with Crippen molar-refractivity contribution in [1.82, 2.24) is 10.2 Å². The zero-order chi connectivity index (χ0) is 12.4. The summed E-state index contributed by atoms with van der Waals surface area (Å²) in [5.74, 6) is 0.728. The molecule has 0 bridgehead atoms. The fourth-order valence-electron chi connectivity index (χ4n) is 1.35. The van der Waals surface area contributed by atoms with Gasteiger partial charge in [0.25, 0.3) is 0 Å². The van der Waals surface area contributed by atoms with Crippen molar-refractivity contribution in [2.24, 2.45) is 5.92 Å². The van der Waals surface area contributed by atoms with Crippen LogP contribution in [-0.2, 0) is 9.53 Å². The highest BCUT2D eigenvalue weighted by Crippen LogP contribution is 1.91. The summed E-state index contributed by atoms with van der Waals surface area (Å²) in [6, 6.07) is 0. The Bertz CT molecular complexity index is 180. The van der Waals surface area contributed by atoms with Gasteiger partial charge in [0.05, 0.1) is 13.2 Å². The number of likely N-dealkylation sites (N-methyl/N-ethyl adjacent to an activating group) is 1. The largest absolute Gasteiger partial charge is 0.380 e. The molecule has 96 valence electrons. The van der Waals surface area contributed by atoms with E-state index >= 15 is 0 Å². The number of ether oxygens (including phenoxy) is 1. The highest BCUT2D eigenvalue weighted by molar-refractivity contribution is 5.78. The maximum absolute atomic E-state index is 11.6. The number of hydrogen-bond donors (Lipinski definition) is 1.